The highest BCUT2D eigenvalue weighted by atomic mass is 16.2. The number of amides is 2. The first-order valence-electron chi connectivity index (χ1n) is 7.74. The summed E-state index contributed by atoms with van der Waals surface area (Å²) in [7, 11) is 0. The zero-order chi connectivity index (χ0) is 18.7. The predicted octanol–water partition coefficient (Wildman–Crippen LogP) is -2.87. The molecular weight excluding hydrogens is 328 g/mol. The van der Waals surface area contributed by atoms with Crippen LogP contribution in [0.3, 0.4) is 0 Å². The molecule has 0 fully saturated rings. The van der Waals surface area contributed by atoms with E-state index in [0.29, 0.717) is 31.4 Å². The van der Waals surface area contributed by atoms with Crippen molar-refractivity contribution >= 4 is 24.1 Å². The molecule has 0 saturated carbocycles. The van der Waals surface area contributed by atoms with Gasteiger partial charge in [0.2, 0.25) is 11.8 Å². The molecule has 1 rings (SSSR count). The quantitative estimate of drug-likeness (QED) is 0.106. The maximum atomic E-state index is 12.4. The van der Waals surface area contributed by atoms with Crippen LogP contribution < -0.4 is 27.8 Å². The van der Waals surface area contributed by atoms with Crippen molar-refractivity contribution in [2.24, 2.45) is 22.2 Å². The van der Waals surface area contributed by atoms with Crippen LogP contribution in [0.25, 0.3) is 0 Å². The molecule has 2 atom stereocenters. The van der Waals surface area contributed by atoms with Gasteiger partial charge in [-0.15, -0.1) is 0 Å². The van der Waals surface area contributed by atoms with Crippen LogP contribution in [0.2, 0.25) is 0 Å². The van der Waals surface area contributed by atoms with Gasteiger partial charge in [-0.2, -0.15) is 0 Å². The lowest BCUT2D eigenvalue weighted by Gasteiger charge is -2.20. The number of aldehydes is 1. The number of hydrogen-bond donors (Lipinski definition) is 6. The average Bonchev–Trinajstić information content (AvgIpc) is 3.09. The molecule has 1 aromatic heterocycles. The van der Waals surface area contributed by atoms with E-state index in [1.165, 1.54) is 6.33 Å². The number of carbonyl (C=O) groups excluding carboxylic acids is 3. The fourth-order valence-electron chi connectivity index (χ4n) is 2.06. The summed E-state index contributed by atoms with van der Waals surface area (Å²) < 4.78 is 0. The molecule has 0 aliphatic heterocycles. The summed E-state index contributed by atoms with van der Waals surface area (Å²) in [5, 5.41) is 5.11. The van der Waals surface area contributed by atoms with Gasteiger partial charge in [-0.3, -0.25) is 14.6 Å². The molecule has 0 radical (unpaired) electrons. The molecule has 0 aliphatic carbocycles. The second-order valence-electron chi connectivity index (χ2n) is 5.31. The van der Waals surface area contributed by atoms with Gasteiger partial charge >= 0.3 is 0 Å². The standard InChI is InChI=1S/C14H24N8O3/c15-5-12(24)22-11(4-10-6-18-8-20-10)13(25)21-9(7-23)2-1-3-19-14(16)17/h6-9,11H,1-5,15H2,(H,18,20)(H,21,25)(H,22,24)(H4,16,17,19)/t9-,11-/m0/s1. The first-order valence-corrected chi connectivity index (χ1v) is 7.74. The Morgan fingerprint density at radius 2 is 2.12 bits per heavy atom. The number of guanidine groups is 1. The highest BCUT2D eigenvalue weighted by Gasteiger charge is 2.23. The van der Waals surface area contributed by atoms with Gasteiger partial charge in [0.1, 0.15) is 12.3 Å². The van der Waals surface area contributed by atoms with Gasteiger partial charge < -0.3 is 37.6 Å². The first kappa shape index (κ1) is 20.1. The molecule has 138 valence electrons. The Morgan fingerprint density at radius 3 is 2.68 bits per heavy atom. The number of rotatable bonds is 11. The van der Waals surface area contributed by atoms with E-state index in [4.69, 9.17) is 17.2 Å². The number of hydrogen-bond acceptors (Lipinski definition) is 6. The summed E-state index contributed by atoms with van der Waals surface area (Å²) in [5.74, 6) is -0.999. The number of nitrogens with zero attached hydrogens (tertiary/aromatic N) is 2. The summed E-state index contributed by atoms with van der Waals surface area (Å²) in [5.41, 5.74) is 16.4. The lowest BCUT2D eigenvalue weighted by molar-refractivity contribution is -0.129. The molecule has 1 aromatic rings. The van der Waals surface area contributed by atoms with Gasteiger partial charge in [0.25, 0.3) is 0 Å². The van der Waals surface area contributed by atoms with Crippen LogP contribution in [0.15, 0.2) is 17.5 Å². The van der Waals surface area contributed by atoms with Crippen molar-refractivity contribution in [2.75, 3.05) is 13.1 Å². The van der Waals surface area contributed by atoms with E-state index < -0.39 is 23.9 Å². The average molecular weight is 352 g/mol. The summed E-state index contributed by atoms with van der Waals surface area (Å²) in [6, 6.07) is -1.59. The number of imidazole rings is 1. The topological polar surface area (TPSA) is 194 Å². The van der Waals surface area contributed by atoms with Crippen LogP contribution in [-0.4, -0.2) is 59.2 Å². The molecular formula is C14H24N8O3. The normalized spacial score (nSPS) is 12.7. The van der Waals surface area contributed by atoms with Crippen molar-refractivity contribution in [3.05, 3.63) is 18.2 Å². The Bertz CT molecular complexity index is 583. The molecule has 11 nitrogen and oxygen atoms in total. The number of aromatic amines is 1. The third kappa shape index (κ3) is 7.92. The number of nitrogens with two attached hydrogens (primary N) is 3. The highest BCUT2D eigenvalue weighted by Crippen LogP contribution is 2.01. The van der Waals surface area contributed by atoms with Crippen molar-refractivity contribution in [3.8, 4) is 0 Å². The SMILES string of the molecule is NCC(=O)N[C@@H](Cc1cnc[nH]1)C(=O)N[C@H](C=O)CCCN=C(N)N. The van der Waals surface area contributed by atoms with Crippen molar-refractivity contribution in [1.82, 2.24) is 20.6 Å². The smallest absolute Gasteiger partial charge is 0.243 e. The molecule has 0 aliphatic rings. The van der Waals surface area contributed by atoms with E-state index in [1.54, 1.807) is 6.20 Å². The Kier molecular flexibility index (Phi) is 8.65. The Balaban J connectivity index is 2.62. The minimum absolute atomic E-state index is 0.0317. The summed E-state index contributed by atoms with van der Waals surface area (Å²) in [6.45, 7) is 0.104. The minimum atomic E-state index is -0.878. The van der Waals surface area contributed by atoms with E-state index >= 15 is 0 Å². The third-order valence-corrected chi connectivity index (χ3v) is 3.28. The van der Waals surface area contributed by atoms with Crippen LogP contribution in [0, 0.1) is 0 Å². The molecule has 25 heavy (non-hydrogen) atoms. The van der Waals surface area contributed by atoms with Crippen molar-refractivity contribution in [3.63, 3.8) is 0 Å². The van der Waals surface area contributed by atoms with E-state index in [9.17, 15) is 14.4 Å². The van der Waals surface area contributed by atoms with Gasteiger partial charge in [0, 0.05) is 24.9 Å². The molecule has 9 N–H and O–H groups in total. The van der Waals surface area contributed by atoms with E-state index in [-0.39, 0.29) is 18.9 Å². The number of H-pyrrole nitrogens is 1. The maximum Gasteiger partial charge on any atom is 0.243 e. The summed E-state index contributed by atoms with van der Waals surface area (Å²) in [6.07, 6.45) is 4.71. The van der Waals surface area contributed by atoms with Crippen LogP contribution >= 0.6 is 0 Å². The van der Waals surface area contributed by atoms with Crippen molar-refractivity contribution < 1.29 is 14.4 Å². The van der Waals surface area contributed by atoms with Gasteiger partial charge in [0.05, 0.1) is 18.9 Å². The molecule has 0 spiro atoms. The molecule has 0 unspecified atom stereocenters. The fraction of sp³-hybridized carbons (Fsp3) is 0.500. The monoisotopic (exact) mass is 352 g/mol. The van der Waals surface area contributed by atoms with E-state index in [2.05, 4.69) is 25.6 Å². The zero-order valence-electron chi connectivity index (χ0n) is 13.8. The largest absolute Gasteiger partial charge is 0.370 e. The number of carbonyl (C=O) groups is 3. The second kappa shape index (κ2) is 10.8. The van der Waals surface area contributed by atoms with Gasteiger partial charge in [-0.25, -0.2) is 4.98 Å². The van der Waals surface area contributed by atoms with Gasteiger partial charge in [-0.1, -0.05) is 0 Å². The van der Waals surface area contributed by atoms with Gasteiger partial charge in [-0.05, 0) is 12.8 Å². The number of aliphatic imine (C=N–C) groups is 1. The molecule has 1 heterocycles. The fourth-order valence-corrected chi connectivity index (χ4v) is 2.06. The Labute approximate surface area is 144 Å². The predicted molar refractivity (Wildman–Crippen MR) is 91.2 cm³/mol. The minimum Gasteiger partial charge on any atom is -0.370 e. The summed E-state index contributed by atoms with van der Waals surface area (Å²) in [4.78, 5) is 45.6. The van der Waals surface area contributed by atoms with Crippen LogP contribution in [0.5, 0.6) is 0 Å². The van der Waals surface area contributed by atoms with Crippen LogP contribution in [0.1, 0.15) is 18.5 Å². The lowest BCUT2D eigenvalue weighted by Crippen LogP contribution is -2.52. The Hall–Kier alpha value is -2.95. The van der Waals surface area contributed by atoms with E-state index in [0.717, 1.165) is 0 Å². The van der Waals surface area contributed by atoms with Crippen molar-refractivity contribution in [2.45, 2.75) is 31.3 Å². The molecule has 2 amide bonds. The molecule has 0 aromatic carbocycles. The van der Waals surface area contributed by atoms with Gasteiger partial charge in [0.15, 0.2) is 5.96 Å². The third-order valence-electron chi connectivity index (χ3n) is 3.28. The maximum absolute atomic E-state index is 12.4. The number of aromatic nitrogens is 2. The Morgan fingerprint density at radius 1 is 1.36 bits per heavy atom. The molecule has 0 saturated heterocycles. The number of nitrogens with one attached hydrogen (secondary N) is 3. The van der Waals surface area contributed by atoms with Crippen molar-refractivity contribution in [1.29, 1.82) is 0 Å². The summed E-state index contributed by atoms with van der Waals surface area (Å²) >= 11 is 0. The van der Waals surface area contributed by atoms with Crippen LogP contribution in [0.4, 0.5) is 0 Å². The zero-order valence-corrected chi connectivity index (χ0v) is 13.8. The first-order chi connectivity index (χ1) is 12.0. The molecule has 0 bridgehead atoms. The molecule has 11 heteroatoms. The van der Waals surface area contributed by atoms with E-state index in [1.807, 2.05) is 0 Å². The highest BCUT2D eigenvalue weighted by molar-refractivity contribution is 5.89. The lowest BCUT2D eigenvalue weighted by atomic mass is 10.1. The second-order valence-corrected chi connectivity index (χ2v) is 5.31. The van der Waals surface area contributed by atoms with Crippen LogP contribution in [-0.2, 0) is 20.8 Å².